The topological polar surface area (TPSA) is 68.2 Å². The summed E-state index contributed by atoms with van der Waals surface area (Å²) in [5, 5.41) is 5.59. The third kappa shape index (κ3) is 4.49. The highest BCUT2D eigenvalue weighted by molar-refractivity contribution is 9.11. The number of hydrogen-bond acceptors (Lipinski definition) is 5. The molecule has 3 aliphatic rings. The molecule has 2 fully saturated rings. The maximum Gasteiger partial charge on any atom is 0.254 e. The first kappa shape index (κ1) is 25.0. The van der Waals surface area contributed by atoms with Crippen molar-refractivity contribution < 1.29 is 19.1 Å². The number of allylic oxidation sites excluding steroid dienone is 2. The summed E-state index contributed by atoms with van der Waals surface area (Å²) in [7, 11) is 0. The molecule has 1 heterocycles. The number of amides is 2. The summed E-state index contributed by atoms with van der Waals surface area (Å²) in [6.07, 6.45) is 6.45. The number of benzene rings is 2. The lowest BCUT2D eigenvalue weighted by molar-refractivity contribution is -0.140. The van der Waals surface area contributed by atoms with Crippen molar-refractivity contribution in [3.8, 4) is 11.5 Å². The summed E-state index contributed by atoms with van der Waals surface area (Å²) in [5.41, 5.74) is 1.50. The van der Waals surface area contributed by atoms with Crippen LogP contribution >= 0.6 is 59.4 Å². The van der Waals surface area contributed by atoms with Crippen molar-refractivity contribution in [3.05, 3.63) is 66.0 Å². The largest absolute Gasteiger partial charge is 0.490 e. The third-order valence-corrected chi connectivity index (χ3v) is 9.28. The highest BCUT2D eigenvalue weighted by Gasteiger charge is 2.59. The molecule has 10 heteroatoms. The van der Waals surface area contributed by atoms with E-state index < -0.39 is 0 Å². The Kier molecular flexibility index (Phi) is 7.14. The third-order valence-electron chi connectivity index (χ3n) is 6.60. The Morgan fingerprint density at radius 2 is 1.77 bits per heavy atom. The van der Waals surface area contributed by atoms with Crippen molar-refractivity contribution in [2.75, 3.05) is 6.61 Å². The molecule has 1 aliphatic heterocycles. The molecule has 35 heavy (non-hydrogen) atoms. The fraction of sp³-hybridized carbons (Fsp3) is 0.320. The van der Waals surface area contributed by atoms with E-state index in [9.17, 15) is 9.59 Å². The number of rotatable bonds is 7. The number of carbonyl (C=O) groups excluding carboxylic acids is 2. The summed E-state index contributed by atoms with van der Waals surface area (Å²) in [6, 6.07) is 7.54. The lowest BCUT2D eigenvalue weighted by Gasteiger charge is -2.17. The van der Waals surface area contributed by atoms with E-state index in [4.69, 9.17) is 21.1 Å². The van der Waals surface area contributed by atoms with Crippen LogP contribution in [0.4, 0.5) is 0 Å². The molecule has 5 rings (SSSR count). The quantitative estimate of drug-likeness (QED) is 0.184. The molecule has 1 saturated heterocycles. The highest BCUT2D eigenvalue weighted by atomic mass is 79.9. The van der Waals surface area contributed by atoms with E-state index in [-0.39, 0.29) is 42.1 Å². The van der Waals surface area contributed by atoms with Crippen LogP contribution < -0.4 is 9.47 Å². The lowest BCUT2D eigenvalue weighted by Crippen LogP contribution is -2.28. The second kappa shape index (κ2) is 10.00. The molecular formula is C25H20Br3ClN2O4. The van der Waals surface area contributed by atoms with E-state index in [1.165, 1.54) is 6.21 Å². The fourth-order valence-electron chi connectivity index (χ4n) is 5.00. The maximum atomic E-state index is 12.9. The van der Waals surface area contributed by atoms with Crippen LogP contribution in [0.3, 0.4) is 0 Å². The number of hydrazone groups is 1. The van der Waals surface area contributed by atoms with Crippen LogP contribution in [0, 0.1) is 23.7 Å². The van der Waals surface area contributed by atoms with Gasteiger partial charge in [-0.15, -0.1) is 0 Å². The number of fused-ring (bicyclic) bond motifs is 5. The Morgan fingerprint density at radius 3 is 2.40 bits per heavy atom. The molecular weight excluding hydrogens is 667 g/mol. The number of nitrogens with zero attached hydrogens (tertiary/aromatic N) is 2. The van der Waals surface area contributed by atoms with Crippen LogP contribution in [0.2, 0.25) is 5.02 Å². The molecule has 6 nitrogen and oxygen atoms in total. The molecule has 0 N–H and O–H groups in total. The summed E-state index contributed by atoms with van der Waals surface area (Å²) >= 11 is 17.2. The Bertz CT molecular complexity index is 1250. The number of carbonyl (C=O) groups is 2. The molecule has 182 valence electrons. The normalized spacial score (nSPS) is 24.7. The van der Waals surface area contributed by atoms with E-state index in [0.29, 0.717) is 33.2 Å². The predicted octanol–water partition coefficient (Wildman–Crippen LogP) is 6.75. The van der Waals surface area contributed by atoms with Gasteiger partial charge in [0, 0.05) is 24.5 Å². The second-order valence-electron chi connectivity index (χ2n) is 8.61. The Balaban J connectivity index is 1.40. The zero-order valence-corrected chi connectivity index (χ0v) is 24.0. The maximum absolute atomic E-state index is 12.9. The molecule has 2 bridgehead atoms. The second-order valence-corrected chi connectivity index (χ2v) is 11.6. The number of ether oxygens (including phenoxy) is 2. The average Bonchev–Trinajstić information content (AvgIpc) is 3.50. The average molecular weight is 688 g/mol. The molecule has 2 amide bonds. The molecule has 0 spiro atoms. The van der Waals surface area contributed by atoms with Crippen molar-refractivity contribution in [2.24, 2.45) is 28.8 Å². The van der Waals surface area contributed by atoms with Gasteiger partial charge in [0.05, 0.1) is 24.7 Å². The van der Waals surface area contributed by atoms with Crippen molar-refractivity contribution in [2.45, 2.75) is 20.0 Å². The molecule has 4 atom stereocenters. The van der Waals surface area contributed by atoms with Gasteiger partial charge in [-0.25, -0.2) is 0 Å². The van der Waals surface area contributed by atoms with Crippen LogP contribution in [-0.2, 0) is 16.2 Å². The number of halogens is 4. The number of imide groups is 1. The van der Waals surface area contributed by atoms with Gasteiger partial charge in [-0.3, -0.25) is 9.59 Å². The van der Waals surface area contributed by atoms with E-state index in [1.54, 1.807) is 6.07 Å². The van der Waals surface area contributed by atoms with E-state index in [2.05, 4.69) is 65.0 Å². The van der Waals surface area contributed by atoms with E-state index in [1.807, 2.05) is 25.1 Å². The van der Waals surface area contributed by atoms with E-state index in [0.717, 1.165) is 25.9 Å². The number of hydrogen-bond donors (Lipinski definition) is 0. The minimum Gasteiger partial charge on any atom is -0.490 e. The first-order valence-corrected chi connectivity index (χ1v) is 13.9. The summed E-state index contributed by atoms with van der Waals surface area (Å²) in [6.45, 7) is 2.53. The van der Waals surface area contributed by atoms with Crippen LogP contribution in [0.5, 0.6) is 11.5 Å². The monoisotopic (exact) mass is 684 g/mol. The van der Waals surface area contributed by atoms with Gasteiger partial charge in [-0.05, 0) is 59.3 Å². The molecule has 2 aromatic rings. The summed E-state index contributed by atoms with van der Waals surface area (Å²) in [4.78, 5) is 25.8. The predicted molar refractivity (Wildman–Crippen MR) is 144 cm³/mol. The Labute approximate surface area is 233 Å². The standard InChI is InChI=1S/C25H20Br3ClN2O4/c1-2-34-18-8-15(10-30-31-24(32)19-12-3-4-13(7-12)20(19)25(31)33)21(28)22(29)23(18)35-11-14-5-6-16(26)9-17(14)27/h3-6,8-10,12-13,19-20H,2,7,11H2,1H3/t12-,13-,19-,20+/m0/s1. The smallest absolute Gasteiger partial charge is 0.254 e. The van der Waals surface area contributed by atoms with Crippen LogP contribution in [0.25, 0.3) is 0 Å². The van der Waals surface area contributed by atoms with Crippen LogP contribution in [0.15, 0.2) is 54.9 Å². The fourth-order valence-corrected chi connectivity index (χ4v) is 6.82. The van der Waals surface area contributed by atoms with Crippen molar-refractivity contribution >= 4 is 77.4 Å². The zero-order chi connectivity index (χ0) is 24.9. The molecule has 2 aromatic carbocycles. The molecule has 0 unspecified atom stereocenters. The van der Waals surface area contributed by atoms with Gasteiger partial charge in [0.1, 0.15) is 11.6 Å². The van der Waals surface area contributed by atoms with Crippen LogP contribution in [-0.4, -0.2) is 29.6 Å². The Morgan fingerprint density at radius 1 is 1.09 bits per heavy atom. The first-order chi connectivity index (χ1) is 16.8. The molecule has 0 radical (unpaired) electrons. The molecule has 0 aromatic heterocycles. The highest BCUT2D eigenvalue weighted by Crippen LogP contribution is 2.52. The molecule has 2 aliphatic carbocycles. The summed E-state index contributed by atoms with van der Waals surface area (Å²) in [5.74, 6) is 0.0279. The van der Waals surface area contributed by atoms with E-state index >= 15 is 0 Å². The molecule has 1 saturated carbocycles. The first-order valence-electron chi connectivity index (χ1n) is 11.1. The van der Waals surface area contributed by atoms with Crippen molar-refractivity contribution in [1.29, 1.82) is 0 Å². The van der Waals surface area contributed by atoms with Gasteiger partial charge in [0.15, 0.2) is 11.5 Å². The Hall–Kier alpha value is -1.68. The van der Waals surface area contributed by atoms with Gasteiger partial charge in [0.2, 0.25) is 0 Å². The minimum atomic E-state index is -0.297. The van der Waals surface area contributed by atoms with Crippen molar-refractivity contribution in [1.82, 2.24) is 5.01 Å². The van der Waals surface area contributed by atoms with Gasteiger partial charge >= 0.3 is 0 Å². The van der Waals surface area contributed by atoms with Gasteiger partial charge in [0.25, 0.3) is 11.8 Å². The lowest BCUT2D eigenvalue weighted by atomic mass is 9.85. The van der Waals surface area contributed by atoms with Crippen LogP contribution in [0.1, 0.15) is 24.5 Å². The SMILES string of the molecule is CCOc1cc(C=NN2C(=O)[C@@H]3[C@H](C2=O)[C@H]2C=C[C@H]3C2)c(Br)c(Cl)c1OCc1ccc(Br)cc1Br. The summed E-state index contributed by atoms with van der Waals surface area (Å²) < 4.78 is 14.2. The van der Waals surface area contributed by atoms with Gasteiger partial charge in [-0.2, -0.15) is 10.1 Å². The minimum absolute atomic E-state index is 0.134. The van der Waals surface area contributed by atoms with Crippen molar-refractivity contribution in [3.63, 3.8) is 0 Å². The van der Waals surface area contributed by atoms with Gasteiger partial charge < -0.3 is 9.47 Å². The van der Waals surface area contributed by atoms with Gasteiger partial charge in [-0.1, -0.05) is 61.7 Å². The zero-order valence-electron chi connectivity index (χ0n) is 18.5.